The predicted molar refractivity (Wildman–Crippen MR) is 162 cm³/mol. The number of carbonyl (C=O) groups is 1. The van der Waals surface area contributed by atoms with Gasteiger partial charge in [0, 0.05) is 36.7 Å². The number of hydrogen-bond acceptors (Lipinski definition) is 9. The van der Waals surface area contributed by atoms with E-state index in [9.17, 15) is 4.79 Å². The molecule has 0 aliphatic rings. The van der Waals surface area contributed by atoms with Gasteiger partial charge in [0.25, 0.3) is 0 Å². The van der Waals surface area contributed by atoms with Crippen LogP contribution in [-0.4, -0.2) is 94.2 Å². The molecule has 0 aromatic carbocycles. The van der Waals surface area contributed by atoms with Crippen molar-refractivity contribution in [2.24, 2.45) is 5.92 Å². The van der Waals surface area contributed by atoms with Crippen LogP contribution < -0.4 is 10.6 Å². The summed E-state index contributed by atoms with van der Waals surface area (Å²) in [5.74, 6) is 0.482. The highest BCUT2D eigenvalue weighted by Gasteiger charge is 2.29. The van der Waals surface area contributed by atoms with Crippen LogP contribution in [0.5, 0.6) is 0 Å². The topological polar surface area (TPSA) is 87.3 Å². The summed E-state index contributed by atoms with van der Waals surface area (Å²) in [5.41, 5.74) is 0. The molecule has 38 heavy (non-hydrogen) atoms. The first-order valence-electron chi connectivity index (χ1n) is 13.9. The zero-order valence-electron chi connectivity index (χ0n) is 25.3. The molecular weight excluding hydrogens is 524 g/mol. The second kappa shape index (κ2) is 23.4. The highest BCUT2D eigenvalue weighted by atomic mass is 33.1. The Morgan fingerprint density at radius 3 is 1.97 bits per heavy atom. The third-order valence-electron chi connectivity index (χ3n) is 4.76. The van der Waals surface area contributed by atoms with E-state index in [1.54, 1.807) is 10.8 Å². The van der Waals surface area contributed by atoms with E-state index in [1.807, 2.05) is 16.9 Å². The Morgan fingerprint density at radius 1 is 0.789 bits per heavy atom. The largest absolute Gasteiger partial charge is 0.379 e. The molecule has 0 aliphatic heterocycles. The molecule has 2 N–H and O–H groups in total. The van der Waals surface area contributed by atoms with Crippen molar-refractivity contribution >= 4 is 27.5 Å². The molecule has 0 spiro atoms. The molecule has 0 radical (unpaired) electrons. The molecule has 0 saturated heterocycles. The van der Waals surface area contributed by atoms with Gasteiger partial charge in [-0.2, -0.15) is 0 Å². The first-order valence-corrected chi connectivity index (χ1v) is 16.1. The molecule has 0 bridgehead atoms. The summed E-state index contributed by atoms with van der Waals surface area (Å²) in [6, 6.07) is 0.474. The fourth-order valence-corrected chi connectivity index (χ4v) is 5.15. The zero-order valence-corrected chi connectivity index (χ0v) is 26.9. The van der Waals surface area contributed by atoms with Gasteiger partial charge in [-0.05, 0) is 12.8 Å². The van der Waals surface area contributed by atoms with E-state index in [0.717, 1.165) is 13.0 Å². The maximum Gasteiger partial charge on any atom is 0.222 e. The third-order valence-corrected chi connectivity index (χ3v) is 8.82. The van der Waals surface area contributed by atoms with Crippen LogP contribution in [-0.2, 0) is 28.5 Å². The van der Waals surface area contributed by atoms with Crippen molar-refractivity contribution < 1.29 is 28.5 Å². The Kier molecular flexibility index (Phi) is 23.2. The van der Waals surface area contributed by atoms with E-state index in [2.05, 4.69) is 72.1 Å². The molecule has 1 amide bonds. The van der Waals surface area contributed by atoms with Crippen LogP contribution in [0.15, 0.2) is 12.2 Å². The second-order valence-corrected chi connectivity index (χ2v) is 14.2. The van der Waals surface area contributed by atoms with Crippen LogP contribution in [0.3, 0.4) is 0 Å². The lowest BCUT2D eigenvalue weighted by molar-refractivity contribution is -0.122. The van der Waals surface area contributed by atoms with Crippen LogP contribution in [0.25, 0.3) is 0 Å². The van der Waals surface area contributed by atoms with Crippen molar-refractivity contribution in [1.29, 1.82) is 0 Å². The SMILES string of the molecule is CC(C)/C=C/CNC(=O)CCOCCOCCOC(C)(CCOCCOCCNC(C)C)SSC(C)(C)C. The maximum atomic E-state index is 11.8. The van der Waals surface area contributed by atoms with Gasteiger partial charge in [0.05, 0.1) is 59.5 Å². The Bertz CT molecular complexity index is 602. The predicted octanol–water partition coefficient (Wildman–Crippen LogP) is 5.07. The summed E-state index contributed by atoms with van der Waals surface area (Å²) < 4.78 is 28.9. The number of rotatable bonds is 25. The van der Waals surface area contributed by atoms with Gasteiger partial charge in [-0.25, -0.2) is 0 Å². The van der Waals surface area contributed by atoms with Crippen molar-refractivity contribution in [3.05, 3.63) is 12.2 Å². The minimum absolute atomic E-state index is 0.00641. The third kappa shape index (κ3) is 27.2. The van der Waals surface area contributed by atoms with Gasteiger partial charge in [0.2, 0.25) is 5.91 Å². The Morgan fingerprint density at radius 2 is 1.37 bits per heavy atom. The molecule has 0 fully saturated rings. The van der Waals surface area contributed by atoms with Gasteiger partial charge < -0.3 is 34.3 Å². The normalized spacial score (nSPS) is 14.1. The summed E-state index contributed by atoms with van der Waals surface area (Å²) in [6.45, 7) is 23.3. The van der Waals surface area contributed by atoms with Crippen LogP contribution >= 0.6 is 21.6 Å². The Balaban J connectivity index is 4.00. The molecule has 0 rings (SSSR count). The molecular formula is C28H56N2O6S2. The van der Waals surface area contributed by atoms with E-state index in [1.165, 1.54) is 0 Å². The van der Waals surface area contributed by atoms with Gasteiger partial charge in [0.1, 0.15) is 4.93 Å². The lowest BCUT2D eigenvalue weighted by Crippen LogP contribution is -2.29. The van der Waals surface area contributed by atoms with Crippen molar-refractivity contribution in [3.63, 3.8) is 0 Å². The fourth-order valence-electron chi connectivity index (χ4n) is 2.76. The van der Waals surface area contributed by atoms with Crippen molar-refractivity contribution in [2.45, 2.75) is 84.0 Å². The van der Waals surface area contributed by atoms with Crippen LogP contribution in [0.4, 0.5) is 0 Å². The first kappa shape index (κ1) is 37.7. The quantitative estimate of drug-likeness (QED) is 0.0665. The van der Waals surface area contributed by atoms with E-state index >= 15 is 0 Å². The summed E-state index contributed by atoms with van der Waals surface area (Å²) in [4.78, 5) is 11.4. The molecule has 0 aliphatic carbocycles. The highest BCUT2D eigenvalue weighted by Crippen LogP contribution is 2.45. The number of ether oxygens (including phenoxy) is 5. The number of hydrogen-bond donors (Lipinski definition) is 2. The molecule has 0 aromatic heterocycles. The molecule has 226 valence electrons. The number of amides is 1. The molecule has 8 nitrogen and oxygen atoms in total. The lowest BCUT2D eigenvalue weighted by atomic mass is 10.2. The van der Waals surface area contributed by atoms with E-state index in [4.69, 9.17) is 23.7 Å². The molecule has 0 saturated carbocycles. The number of nitrogens with one attached hydrogen (secondary N) is 2. The van der Waals surface area contributed by atoms with Gasteiger partial charge in [-0.1, -0.05) is 82.2 Å². The summed E-state index contributed by atoms with van der Waals surface area (Å²) in [5, 5.41) is 6.18. The minimum atomic E-state index is -0.377. The molecule has 1 unspecified atom stereocenters. The van der Waals surface area contributed by atoms with Crippen LogP contribution in [0.1, 0.15) is 68.2 Å². The molecule has 10 heteroatoms. The van der Waals surface area contributed by atoms with Gasteiger partial charge in [-0.3, -0.25) is 4.79 Å². The van der Waals surface area contributed by atoms with Gasteiger partial charge in [-0.15, -0.1) is 0 Å². The average Bonchev–Trinajstić information content (AvgIpc) is 2.83. The van der Waals surface area contributed by atoms with Crippen LogP contribution in [0, 0.1) is 5.92 Å². The van der Waals surface area contributed by atoms with E-state index in [-0.39, 0.29) is 15.6 Å². The highest BCUT2D eigenvalue weighted by molar-refractivity contribution is 8.77. The smallest absolute Gasteiger partial charge is 0.222 e. The molecule has 0 heterocycles. The standard InChI is InChI=1S/C28H56N2O6S2/c1-24(2)10-9-13-30-26(31)11-15-32-18-21-35-22-23-36-28(8,38-37-27(5,6)7)12-16-33-19-20-34-17-14-29-25(3)4/h9-10,24-25,29H,11-23H2,1-8H3,(H,30,31)/b10-9+. The Hall–Kier alpha value is -0.330. The minimum Gasteiger partial charge on any atom is -0.379 e. The average molecular weight is 581 g/mol. The Labute approximate surface area is 240 Å². The van der Waals surface area contributed by atoms with Gasteiger partial charge >= 0.3 is 0 Å². The summed E-state index contributed by atoms with van der Waals surface area (Å²) >= 11 is 0. The van der Waals surface area contributed by atoms with Gasteiger partial charge in [0.15, 0.2) is 0 Å². The number of allylic oxidation sites excluding steroid dienone is 1. The first-order chi connectivity index (χ1) is 17.9. The zero-order chi connectivity index (χ0) is 28.7. The van der Waals surface area contributed by atoms with Crippen molar-refractivity contribution in [3.8, 4) is 0 Å². The fraction of sp³-hybridized carbons (Fsp3) is 0.893. The monoisotopic (exact) mass is 580 g/mol. The maximum absolute atomic E-state index is 11.8. The second-order valence-electron chi connectivity index (χ2n) is 10.8. The van der Waals surface area contributed by atoms with E-state index < -0.39 is 0 Å². The van der Waals surface area contributed by atoms with E-state index in [0.29, 0.717) is 84.4 Å². The molecule has 0 aromatic rings. The summed E-state index contributed by atoms with van der Waals surface area (Å²) in [6.07, 6.45) is 5.17. The summed E-state index contributed by atoms with van der Waals surface area (Å²) in [7, 11) is 3.56. The molecule has 1 atom stereocenters. The van der Waals surface area contributed by atoms with Crippen molar-refractivity contribution in [1.82, 2.24) is 10.6 Å². The van der Waals surface area contributed by atoms with Crippen LogP contribution in [0.2, 0.25) is 0 Å². The number of carbonyl (C=O) groups excluding carboxylic acids is 1. The lowest BCUT2D eigenvalue weighted by Gasteiger charge is -2.31. The van der Waals surface area contributed by atoms with Crippen molar-refractivity contribution in [2.75, 3.05) is 72.6 Å².